The Balaban J connectivity index is 1.03. The molecule has 58 heavy (non-hydrogen) atoms. The minimum Gasteiger partial charge on any atom is -0.402 e. The molecular weight excluding hydrogens is 707 g/mol. The number of anilines is 3. The summed E-state index contributed by atoms with van der Waals surface area (Å²) in [7, 11) is -0.360. The molecule has 2 aliphatic rings. The maximum Gasteiger partial charge on any atom is 0.482 e. The Hall–Kier alpha value is -5.88. The number of fused-ring (bicyclic) bond motifs is 6. The highest BCUT2D eigenvalue weighted by Gasteiger charge is 2.53. The molecule has 286 valence electrons. The van der Waals surface area contributed by atoms with Crippen molar-refractivity contribution in [3.8, 4) is 33.4 Å². The van der Waals surface area contributed by atoms with Crippen molar-refractivity contribution < 1.29 is 9.31 Å². The summed E-state index contributed by atoms with van der Waals surface area (Å²) in [5.74, 6) is -0.0275. The van der Waals surface area contributed by atoms with Crippen molar-refractivity contribution in [1.29, 1.82) is 0 Å². The van der Waals surface area contributed by atoms with Crippen LogP contribution in [0.4, 0.5) is 17.1 Å². The molecule has 0 N–H and O–H groups in total. The van der Waals surface area contributed by atoms with Gasteiger partial charge in [-0.05, 0) is 134 Å². The molecule has 1 aliphatic heterocycles. The Kier molecular flexibility index (Phi) is 8.39. The first kappa shape index (κ1) is 36.5. The molecule has 2 heterocycles. The molecule has 1 atom stereocenters. The molecule has 8 aromatic rings. The van der Waals surface area contributed by atoms with Gasteiger partial charge in [-0.2, -0.15) is 0 Å². The summed E-state index contributed by atoms with van der Waals surface area (Å²) in [5.41, 5.74) is 15.0. The lowest BCUT2D eigenvalue weighted by Crippen LogP contribution is -2.41. The first-order valence-electron chi connectivity index (χ1n) is 20.6. The van der Waals surface area contributed by atoms with Crippen molar-refractivity contribution >= 4 is 46.0 Å². The molecule has 7 aromatic carbocycles. The third-order valence-corrected chi connectivity index (χ3v) is 13.3. The Morgan fingerprint density at radius 2 is 0.983 bits per heavy atom. The van der Waals surface area contributed by atoms with Gasteiger partial charge in [-0.1, -0.05) is 123 Å². The van der Waals surface area contributed by atoms with Crippen LogP contribution in [-0.2, 0) is 14.7 Å². The standard InChI is InChI=1S/C53H49BN2O2/c1-35(54-57-52(4,5)53(6,7)58-54)55-49-20-14-12-18-45(49)46-33-39(25-32-50(46)55)38-23-28-41(29-24-38)56(40-26-21-37(22-27-40)36-15-9-8-10-16-36)42-30-31-44-43-17-11-13-19-47(43)51(2,3)48(44)34-42/h8-35H,1-7H3. The zero-order valence-electron chi connectivity index (χ0n) is 34.5. The second-order valence-electron chi connectivity index (χ2n) is 17.7. The van der Waals surface area contributed by atoms with Crippen LogP contribution in [0.25, 0.3) is 55.2 Å². The first-order chi connectivity index (χ1) is 27.9. The van der Waals surface area contributed by atoms with Gasteiger partial charge in [0, 0.05) is 44.3 Å². The van der Waals surface area contributed by atoms with Gasteiger partial charge >= 0.3 is 7.12 Å². The minimum absolute atomic E-state index is 0.0275. The van der Waals surface area contributed by atoms with Crippen LogP contribution in [0.3, 0.4) is 0 Å². The maximum atomic E-state index is 6.56. The summed E-state index contributed by atoms with van der Waals surface area (Å²) in [6.45, 7) is 15.4. The number of hydrogen-bond donors (Lipinski definition) is 0. The quantitative estimate of drug-likeness (QED) is 0.152. The molecule has 1 aromatic heterocycles. The summed E-state index contributed by atoms with van der Waals surface area (Å²) in [6.07, 6.45) is 0. The number of hydrogen-bond acceptors (Lipinski definition) is 3. The number of rotatable bonds is 7. The van der Waals surface area contributed by atoms with E-state index in [0.29, 0.717) is 0 Å². The Morgan fingerprint density at radius 1 is 0.466 bits per heavy atom. The highest BCUT2D eigenvalue weighted by Crippen LogP contribution is 2.51. The Morgan fingerprint density at radius 3 is 1.67 bits per heavy atom. The molecule has 0 saturated carbocycles. The molecule has 0 spiro atoms. The van der Waals surface area contributed by atoms with Crippen LogP contribution in [0.2, 0.25) is 0 Å². The molecule has 0 bridgehead atoms. The fourth-order valence-corrected chi connectivity index (χ4v) is 9.34. The molecule has 0 amide bonds. The lowest BCUT2D eigenvalue weighted by Gasteiger charge is -2.32. The van der Waals surface area contributed by atoms with Gasteiger partial charge in [-0.3, -0.25) is 0 Å². The lowest BCUT2D eigenvalue weighted by atomic mass is 9.79. The molecular formula is C53H49BN2O2. The number of nitrogens with zero attached hydrogens (tertiary/aromatic N) is 2. The van der Waals surface area contributed by atoms with E-state index in [1.165, 1.54) is 66.3 Å². The van der Waals surface area contributed by atoms with Crippen LogP contribution in [0, 0.1) is 0 Å². The molecule has 4 nitrogen and oxygen atoms in total. The van der Waals surface area contributed by atoms with Gasteiger partial charge < -0.3 is 18.8 Å². The van der Waals surface area contributed by atoms with E-state index in [2.05, 4.69) is 222 Å². The fraction of sp³-hybridized carbons (Fsp3) is 0.208. The predicted octanol–water partition coefficient (Wildman–Crippen LogP) is 14.1. The van der Waals surface area contributed by atoms with Crippen molar-refractivity contribution in [3.05, 3.63) is 175 Å². The van der Waals surface area contributed by atoms with E-state index in [1.807, 2.05) is 0 Å². The summed E-state index contributed by atoms with van der Waals surface area (Å²) in [5, 5.41) is 2.45. The second-order valence-corrected chi connectivity index (χ2v) is 17.7. The zero-order chi connectivity index (χ0) is 40.0. The Labute approximate surface area is 342 Å². The molecule has 0 radical (unpaired) electrons. The van der Waals surface area contributed by atoms with Crippen LogP contribution in [-0.4, -0.2) is 22.9 Å². The molecule has 10 rings (SSSR count). The third-order valence-electron chi connectivity index (χ3n) is 13.3. The SMILES string of the molecule is CC(B1OC(C)(C)C(C)(C)O1)n1c2ccccc2c2cc(-c3ccc(N(c4ccc(-c5ccccc5)cc4)c4ccc5c(c4)C(C)(C)c4ccccc4-5)cc3)ccc21. The van der Waals surface area contributed by atoms with Gasteiger partial charge in [0.2, 0.25) is 0 Å². The van der Waals surface area contributed by atoms with Crippen molar-refractivity contribution in [2.45, 2.75) is 71.0 Å². The summed E-state index contributed by atoms with van der Waals surface area (Å²) >= 11 is 0. The van der Waals surface area contributed by atoms with Crippen LogP contribution in [0.1, 0.15) is 65.5 Å². The van der Waals surface area contributed by atoms with E-state index in [9.17, 15) is 0 Å². The average molecular weight is 757 g/mol. The van der Waals surface area contributed by atoms with Crippen molar-refractivity contribution in [1.82, 2.24) is 4.57 Å². The largest absolute Gasteiger partial charge is 0.482 e. The van der Waals surface area contributed by atoms with Crippen LogP contribution < -0.4 is 4.90 Å². The van der Waals surface area contributed by atoms with E-state index in [-0.39, 0.29) is 18.5 Å². The van der Waals surface area contributed by atoms with Crippen LogP contribution in [0.5, 0.6) is 0 Å². The van der Waals surface area contributed by atoms with Gasteiger partial charge in [-0.25, -0.2) is 0 Å². The normalized spacial score (nSPS) is 16.7. The maximum absolute atomic E-state index is 6.56. The molecule has 1 unspecified atom stereocenters. The first-order valence-corrected chi connectivity index (χ1v) is 20.6. The van der Waals surface area contributed by atoms with Crippen molar-refractivity contribution in [3.63, 3.8) is 0 Å². The highest BCUT2D eigenvalue weighted by molar-refractivity contribution is 6.46. The average Bonchev–Trinajstić information content (AvgIpc) is 3.78. The van der Waals surface area contributed by atoms with Crippen LogP contribution in [0.15, 0.2) is 164 Å². The smallest absolute Gasteiger partial charge is 0.402 e. The fourth-order valence-electron chi connectivity index (χ4n) is 9.34. The number of para-hydroxylation sites is 1. The molecule has 1 fully saturated rings. The third kappa shape index (κ3) is 5.74. The zero-order valence-corrected chi connectivity index (χ0v) is 34.5. The van der Waals surface area contributed by atoms with Gasteiger partial charge in [-0.15, -0.1) is 0 Å². The van der Waals surface area contributed by atoms with E-state index in [4.69, 9.17) is 9.31 Å². The number of aromatic nitrogens is 1. The van der Waals surface area contributed by atoms with Gasteiger partial charge in [0.25, 0.3) is 0 Å². The molecule has 1 saturated heterocycles. The van der Waals surface area contributed by atoms with Gasteiger partial charge in [0.05, 0.1) is 17.1 Å². The van der Waals surface area contributed by atoms with E-state index in [1.54, 1.807) is 0 Å². The van der Waals surface area contributed by atoms with Gasteiger partial charge in [0.1, 0.15) is 0 Å². The highest BCUT2D eigenvalue weighted by atomic mass is 16.7. The van der Waals surface area contributed by atoms with E-state index < -0.39 is 11.2 Å². The predicted molar refractivity (Wildman–Crippen MR) is 243 cm³/mol. The van der Waals surface area contributed by atoms with Crippen molar-refractivity contribution in [2.24, 2.45) is 0 Å². The minimum atomic E-state index is -0.395. The second kappa shape index (κ2) is 13.3. The van der Waals surface area contributed by atoms with Gasteiger partial charge in [0.15, 0.2) is 0 Å². The lowest BCUT2D eigenvalue weighted by molar-refractivity contribution is 0.00578. The van der Waals surface area contributed by atoms with Crippen molar-refractivity contribution in [2.75, 3.05) is 4.90 Å². The van der Waals surface area contributed by atoms with E-state index in [0.717, 1.165) is 17.1 Å². The topological polar surface area (TPSA) is 26.6 Å². The monoisotopic (exact) mass is 756 g/mol. The van der Waals surface area contributed by atoms with E-state index >= 15 is 0 Å². The summed E-state index contributed by atoms with van der Waals surface area (Å²) < 4.78 is 15.5. The summed E-state index contributed by atoms with van der Waals surface area (Å²) in [6, 6.07) is 60.0. The Bertz CT molecular complexity index is 2820. The molecule has 1 aliphatic carbocycles. The van der Waals surface area contributed by atoms with Crippen LogP contribution >= 0.6 is 0 Å². The number of benzene rings is 7. The molecule has 5 heteroatoms. The summed E-state index contributed by atoms with van der Waals surface area (Å²) in [4.78, 5) is 2.39.